The van der Waals surface area contributed by atoms with Gasteiger partial charge < -0.3 is 10.6 Å². The molecule has 0 saturated carbocycles. The Morgan fingerprint density at radius 3 is 2.47 bits per heavy atom. The number of fused-ring (bicyclic) bond motifs is 1. The molecule has 4 rings (SSSR count). The van der Waals surface area contributed by atoms with E-state index in [4.69, 9.17) is 10.7 Å². The molecular weight excluding hydrogens is 398 g/mol. The molecule has 0 bridgehead atoms. The Balaban J connectivity index is 1.79. The molecule has 0 amide bonds. The first-order chi connectivity index (χ1) is 14.4. The van der Waals surface area contributed by atoms with Crippen LogP contribution in [0, 0.1) is 6.92 Å². The van der Waals surface area contributed by atoms with E-state index in [0.717, 1.165) is 11.3 Å². The first-order valence-electron chi connectivity index (χ1n) is 9.32. The van der Waals surface area contributed by atoms with Crippen LogP contribution in [-0.4, -0.2) is 38.6 Å². The molecule has 2 N–H and O–H groups in total. The number of nitrogen functional groups attached to an aromatic ring is 1. The Labute approximate surface area is 177 Å². The van der Waals surface area contributed by atoms with Crippen molar-refractivity contribution in [1.29, 1.82) is 0 Å². The number of benzene rings is 2. The maximum atomic E-state index is 13.3. The van der Waals surface area contributed by atoms with Crippen molar-refractivity contribution >= 4 is 34.6 Å². The lowest BCUT2D eigenvalue weighted by Crippen LogP contribution is -2.22. The van der Waals surface area contributed by atoms with E-state index in [9.17, 15) is 4.79 Å². The number of hydrogen-bond acceptors (Lipinski definition) is 8. The molecular formula is C21H21N7OS. The third-order valence-corrected chi connectivity index (χ3v) is 5.39. The smallest absolute Gasteiger partial charge is 0.266 e. The Bertz CT molecular complexity index is 1270. The van der Waals surface area contributed by atoms with Gasteiger partial charge in [0.05, 0.1) is 22.3 Å². The van der Waals surface area contributed by atoms with Crippen molar-refractivity contribution in [3.63, 3.8) is 0 Å². The zero-order chi connectivity index (χ0) is 21.3. The van der Waals surface area contributed by atoms with Crippen LogP contribution in [0.15, 0.2) is 58.5 Å². The number of rotatable bonds is 5. The second-order valence-electron chi connectivity index (χ2n) is 6.98. The molecule has 0 radical (unpaired) electrons. The molecule has 4 aromatic rings. The third kappa shape index (κ3) is 3.97. The van der Waals surface area contributed by atoms with Crippen molar-refractivity contribution in [2.75, 3.05) is 24.7 Å². The number of aryl methyl sites for hydroxylation is 1. The fourth-order valence-corrected chi connectivity index (χ4v) is 3.82. The first-order valence-corrected chi connectivity index (χ1v) is 10.3. The van der Waals surface area contributed by atoms with Gasteiger partial charge in [0.25, 0.3) is 5.56 Å². The molecule has 0 fully saturated rings. The van der Waals surface area contributed by atoms with E-state index < -0.39 is 0 Å². The Morgan fingerprint density at radius 1 is 1.00 bits per heavy atom. The number of nitrogens with zero attached hydrogens (tertiary/aromatic N) is 6. The van der Waals surface area contributed by atoms with Crippen LogP contribution in [0.5, 0.6) is 0 Å². The van der Waals surface area contributed by atoms with Gasteiger partial charge in [-0.1, -0.05) is 41.6 Å². The molecule has 2 heterocycles. The summed E-state index contributed by atoms with van der Waals surface area (Å²) < 4.78 is 1.63. The van der Waals surface area contributed by atoms with Crippen LogP contribution >= 0.6 is 11.8 Å². The minimum Gasteiger partial charge on any atom is -0.368 e. The summed E-state index contributed by atoms with van der Waals surface area (Å²) in [4.78, 5) is 32.6. The number of anilines is 2. The molecule has 2 aromatic carbocycles. The van der Waals surface area contributed by atoms with Gasteiger partial charge in [-0.25, -0.2) is 4.98 Å². The number of thioether (sulfide) groups is 1. The minimum atomic E-state index is -0.115. The summed E-state index contributed by atoms with van der Waals surface area (Å²) in [5, 5.41) is 1.13. The predicted molar refractivity (Wildman–Crippen MR) is 120 cm³/mol. The van der Waals surface area contributed by atoms with Crippen molar-refractivity contribution in [2.24, 2.45) is 0 Å². The minimum absolute atomic E-state index is 0.115. The van der Waals surface area contributed by atoms with Crippen LogP contribution in [0.2, 0.25) is 0 Å². The van der Waals surface area contributed by atoms with Crippen LogP contribution in [0.25, 0.3) is 16.6 Å². The van der Waals surface area contributed by atoms with Crippen molar-refractivity contribution in [3.8, 4) is 5.69 Å². The summed E-state index contributed by atoms with van der Waals surface area (Å²) in [5.41, 5.74) is 8.24. The van der Waals surface area contributed by atoms with E-state index in [0.29, 0.717) is 33.6 Å². The standard InChI is InChI=1S/C21H21N7OS/c1-13-8-10-14(11-9-13)28-18(29)15-6-4-5-7-16(15)23-21(28)30-12-17-24-19(22)26-20(25-17)27(2)3/h4-11H,12H2,1-3H3,(H2,22,24,25,26). The molecule has 0 aliphatic heterocycles. The highest BCUT2D eigenvalue weighted by Gasteiger charge is 2.15. The molecule has 0 spiro atoms. The van der Waals surface area contributed by atoms with Crippen LogP contribution in [-0.2, 0) is 5.75 Å². The van der Waals surface area contributed by atoms with Crippen LogP contribution in [0.1, 0.15) is 11.4 Å². The van der Waals surface area contributed by atoms with Crippen molar-refractivity contribution in [2.45, 2.75) is 17.8 Å². The predicted octanol–water partition coefficient (Wildman–Crippen LogP) is 2.82. The molecule has 30 heavy (non-hydrogen) atoms. The molecule has 8 nitrogen and oxygen atoms in total. The Kier molecular flexibility index (Phi) is 5.37. The fourth-order valence-electron chi connectivity index (χ4n) is 2.95. The average Bonchev–Trinajstić information content (AvgIpc) is 2.73. The number of para-hydroxylation sites is 1. The monoisotopic (exact) mass is 419 g/mol. The lowest BCUT2D eigenvalue weighted by molar-refractivity contribution is 0.817. The maximum absolute atomic E-state index is 13.3. The molecule has 9 heteroatoms. The number of nitrogens with two attached hydrogens (primary N) is 1. The number of aromatic nitrogens is 5. The van der Waals surface area contributed by atoms with Crippen molar-refractivity contribution < 1.29 is 0 Å². The van der Waals surface area contributed by atoms with Gasteiger partial charge in [-0.2, -0.15) is 15.0 Å². The van der Waals surface area contributed by atoms with Gasteiger partial charge in [-0.05, 0) is 31.2 Å². The molecule has 152 valence electrons. The summed E-state index contributed by atoms with van der Waals surface area (Å²) in [6.45, 7) is 2.01. The quantitative estimate of drug-likeness (QED) is 0.389. The molecule has 0 aliphatic rings. The van der Waals surface area contributed by atoms with Crippen LogP contribution in [0.3, 0.4) is 0 Å². The fraction of sp³-hybridized carbons (Fsp3) is 0.190. The SMILES string of the molecule is Cc1ccc(-n2c(SCc3nc(N)nc(N(C)C)n3)nc3ccccc3c2=O)cc1. The van der Waals surface area contributed by atoms with Gasteiger partial charge in [0.15, 0.2) is 5.16 Å². The summed E-state index contributed by atoms with van der Waals surface area (Å²) in [7, 11) is 3.68. The normalized spacial score (nSPS) is 11.0. The van der Waals surface area contributed by atoms with Crippen molar-refractivity contribution in [1.82, 2.24) is 24.5 Å². The molecule has 0 unspecified atom stereocenters. The maximum Gasteiger partial charge on any atom is 0.266 e. The van der Waals surface area contributed by atoms with Gasteiger partial charge in [0.1, 0.15) is 5.82 Å². The van der Waals surface area contributed by atoms with Crippen LogP contribution < -0.4 is 16.2 Å². The highest BCUT2D eigenvalue weighted by Crippen LogP contribution is 2.24. The van der Waals surface area contributed by atoms with E-state index in [-0.39, 0.29) is 11.5 Å². The second-order valence-corrected chi connectivity index (χ2v) is 7.92. The summed E-state index contributed by atoms with van der Waals surface area (Å²) in [6.07, 6.45) is 0. The van der Waals surface area contributed by atoms with Gasteiger partial charge in [-0.3, -0.25) is 9.36 Å². The lowest BCUT2D eigenvalue weighted by atomic mass is 10.2. The Hall–Kier alpha value is -3.46. The largest absolute Gasteiger partial charge is 0.368 e. The Morgan fingerprint density at radius 2 is 1.73 bits per heavy atom. The molecule has 0 atom stereocenters. The average molecular weight is 420 g/mol. The lowest BCUT2D eigenvalue weighted by Gasteiger charge is -2.14. The van der Waals surface area contributed by atoms with E-state index in [1.165, 1.54) is 11.8 Å². The second kappa shape index (κ2) is 8.11. The van der Waals surface area contributed by atoms with E-state index >= 15 is 0 Å². The first kappa shape index (κ1) is 19.8. The van der Waals surface area contributed by atoms with Crippen molar-refractivity contribution in [3.05, 3.63) is 70.3 Å². The third-order valence-electron chi connectivity index (χ3n) is 4.45. The van der Waals surface area contributed by atoms with E-state index in [2.05, 4.69) is 15.0 Å². The van der Waals surface area contributed by atoms with E-state index in [1.54, 1.807) is 15.5 Å². The molecule has 2 aromatic heterocycles. The molecule has 0 aliphatic carbocycles. The van der Waals surface area contributed by atoms with Gasteiger partial charge in [0.2, 0.25) is 11.9 Å². The highest BCUT2D eigenvalue weighted by molar-refractivity contribution is 7.98. The van der Waals surface area contributed by atoms with E-state index in [1.807, 2.05) is 63.5 Å². The highest BCUT2D eigenvalue weighted by atomic mass is 32.2. The van der Waals surface area contributed by atoms with Gasteiger partial charge >= 0.3 is 0 Å². The number of hydrogen-bond donors (Lipinski definition) is 1. The van der Waals surface area contributed by atoms with Gasteiger partial charge in [0, 0.05) is 14.1 Å². The zero-order valence-electron chi connectivity index (χ0n) is 16.9. The summed E-state index contributed by atoms with van der Waals surface area (Å²) >= 11 is 1.38. The zero-order valence-corrected chi connectivity index (χ0v) is 17.7. The summed E-state index contributed by atoms with van der Waals surface area (Å²) in [6, 6.07) is 15.1. The van der Waals surface area contributed by atoms with Gasteiger partial charge in [-0.15, -0.1) is 0 Å². The molecule has 0 saturated heterocycles. The van der Waals surface area contributed by atoms with Crippen LogP contribution in [0.4, 0.5) is 11.9 Å². The summed E-state index contributed by atoms with van der Waals surface area (Å²) in [5.74, 6) is 1.56. The topological polar surface area (TPSA) is 103 Å².